The number of amides is 1. The minimum atomic E-state index is -0.319. The summed E-state index contributed by atoms with van der Waals surface area (Å²) in [7, 11) is 1.63. The van der Waals surface area contributed by atoms with E-state index < -0.39 is 0 Å². The van der Waals surface area contributed by atoms with Crippen LogP contribution in [0.2, 0.25) is 0 Å². The van der Waals surface area contributed by atoms with Gasteiger partial charge in [-0.2, -0.15) is 4.98 Å². The van der Waals surface area contributed by atoms with Crippen molar-refractivity contribution in [2.45, 2.75) is 0 Å². The van der Waals surface area contributed by atoms with Gasteiger partial charge in [0.2, 0.25) is 4.96 Å². The lowest BCUT2D eigenvalue weighted by Crippen LogP contribution is -2.13. The molecular formula is C24H18N4O3S. The van der Waals surface area contributed by atoms with Crippen molar-refractivity contribution in [2.75, 3.05) is 12.4 Å². The second-order valence-electron chi connectivity index (χ2n) is 6.85. The Bertz CT molecular complexity index is 1390. The number of ether oxygens (including phenoxy) is 2. The third-order valence-corrected chi connectivity index (χ3v) is 5.58. The van der Waals surface area contributed by atoms with Crippen molar-refractivity contribution in [1.29, 1.82) is 0 Å². The lowest BCUT2D eigenvalue weighted by molar-refractivity contribution is 0.102. The standard InChI is InChI=1S/C24H18N4O3S/c1-30-21-13-6-5-12-19(21)20-15-32-24-26-23(27-28(20)24)25-22(29)16-8-7-11-18(14-16)31-17-9-3-2-4-10-17/h2-15H,1H3,(H,25,27,29). The first-order valence-electron chi connectivity index (χ1n) is 9.83. The Kier molecular flexibility index (Phi) is 5.27. The van der Waals surface area contributed by atoms with Crippen LogP contribution in [0.5, 0.6) is 17.2 Å². The van der Waals surface area contributed by atoms with Crippen molar-refractivity contribution >= 4 is 28.2 Å². The molecule has 1 N–H and O–H groups in total. The number of carbonyl (C=O) groups excluding carboxylic acids is 1. The van der Waals surface area contributed by atoms with Crippen LogP contribution in [0, 0.1) is 0 Å². The number of benzene rings is 3. The minimum absolute atomic E-state index is 0.229. The molecule has 5 rings (SSSR count). The molecule has 0 spiro atoms. The van der Waals surface area contributed by atoms with Crippen LogP contribution < -0.4 is 14.8 Å². The Balaban J connectivity index is 1.38. The maximum absolute atomic E-state index is 12.8. The number of methoxy groups -OCH3 is 1. The number of nitrogens with zero attached hydrogens (tertiary/aromatic N) is 3. The largest absolute Gasteiger partial charge is 0.496 e. The molecule has 3 aromatic carbocycles. The fourth-order valence-corrected chi connectivity index (χ4v) is 4.10. The van der Waals surface area contributed by atoms with Crippen LogP contribution in [0.1, 0.15) is 10.4 Å². The van der Waals surface area contributed by atoms with Gasteiger partial charge in [0.15, 0.2) is 0 Å². The summed E-state index contributed by atoms with van der Waals surface area (Å²) in [5, 5.41) is 9.21. The number of carbonyl (C=O) groups is 1. The molecule has 0 fully saturated rings. The van der Waals surface area contributed by atoms with Crippen molar-refractivity contribution in [3.05, 3.63) is 89.8 Å². The first-order valence-corrected chi connectivity index (χ1v) is 10.7. The van der Waals surface area contributed by atoms with Gasteiger partial charge in [-0.15, -0.1) is 16.4 Å². The highest BCUT2D eigenvalue weighted by Crippen LogP contribution is 2.32. The van der Waals surface area contributed by atoms with E-state index in [1.54, 1.807) is 35.9 Å². The van der Waals surface area contributed by atoms with E-state index in [9.17, 15) is 4.79 Å². The summed E-state index contributed by atoms with van der Waals surface area (Å²) in [6.45, 7) is 0. The Labute approximate surface area is 187 Å². The molecule has 5 aromatic rings. The average Bonchev–Trinajstić information content (AvgIpc) is 3.40. The maximum atomic E-state index is 12.8. The number of fused-ring (bicyclic) bond motifs is 1. The zero-order valence-electron chi connectivity index (χ0n) is 17.1. The quantitative estimate of drug-likeness (QED) is 0.375. The van der Waals surface area contributed by atoms with Gasteiger partial charge in [0, 0.05) is 16.5 Å². The lowest BCUT2D eigenvalue weighted by atomic mass is 10.1. The first kappa shape index (κ1) is 19.8. The number of hydrogen-bond acceptors (Lipinski definition) is 6. The zero-order chi connectivity index (χ0) is 21.9. The third kappa shape index (κ3) is 3.91. The van der Waals surface area contributed by atoms with E-state index in [0.717, 1.165) is 17.0 Å². The maximum Gasteiger partial charge on any atom is 0.258 e. The van der Waals surface area contributed by atoms with Crippen LogP contribution in [0.3, 0.4) is 0 Å². The topological polar surface area (TPSA) is 77.8 Å². The fraction of sp³-hybridized carbons (Fsp3) is 0.0417. The number of anilines is 1. The predicted octanol–water partition coefficient (Wildman–Crippen LogP) is 5.51. The molecule has 0 unspecified atom stereocenters. The van der Waals surface area contributed by atoms with E-state index in [4.69, 9.17) is 9.47 Å². The van der Waals surface area contributed by atoms with Gasteiger partial charge < -0.3 is 9.47 Å². The van der Waals surface area contributed by atoms with E-state index in [1.807, 2.05) is 60.0 Å². The van der Waals surface area contributed by atoms with Crippen molar-refractivity contribution in [3.63, 3.8) is 0 Å². The molecule has 158 valence electrons. The van der Waals surface area contributed by atoms with Gasteiger partial charge in [0.1, 0.15) is 17.2 Å². The van der Waals surface area contributed by atoms with Crippen LogP contribution in [-0.4, -0.2) is 27.6 Å². The van der Waals surface area contributed by atoms with Crippen molar-refractivity contribution in [2.24, 2.45) is 0 Å². The van der Waals surface area contributed by atoms with Crippen molar-refractivity contribution in [1.82, 2.24) is 14.6 Å². The fourth-order valence-electron chi connectivity index (χ4n) is 3.28. The number of thiazole rings is 1. The van der Waals surface area contributed by atoms with E-state index in [1.165, 1.54) is 11.3 Å². The molecule has 0 saturated carbocycles. The van der Waals surface area contributed by atoms with E-state index in [-0.39, 0.29) is 11.9 Å². The van der Waals surface area contributed by atoms with Gasteiger partial charge >= 0.3 is 0 Å². The number of aromatic nitrogens is 3. The highest BCUT2D eigenvalue weighted by Gasteiger charge is 2.16. The van der Waals surface area contributed by atoms with E-state index >= 15 is 0 Å². The van der Waals surface area contributed by atoms with Crippen LogP contribution in [0.4, 0.5) is 5.95 Å². The van der Waals surface area contributed by atoms with Gasteiger partial charge in [-0.3, -0.25) is 10.1 Å². The minimum Gasteiger partial charge on any atom is -0.496 e. The summed E-state index contributed by atoms with van der Waals surface area (Å²) in [6.07, 6.45) is 0. The summed E-state index contributed by atoms with van der Waals surface area (Å²) in [5.74, 6) is 1.92. The van der Waals surface area contributed by atoms with Gasteiger partial charge in [-0.1, -0.05) is 36.4 Å². The third-order valence-electron chi connectivity index (χ3n) is 4.77. The Morgan fingerprint density at radius 1 is 0.969 bits per heavy atom. The van der Waals surface area contributed by atoms with Gasteiger partial charge in [-0.05, 0) is 42.5 Å². The molecule has 0 aliphatic heterocycles. The van der Waals surface area contributed by atoms with Crippen LogP contribution >= 0.6 is 11.3 Å². The molecule has 2 heterocycles. The molecule has 0 aliphatic rings. The second kappa shape index (κ2) is 8.52. The summed E-state index contributed by atoms with van der Waals surface area (Å²) in [6, 6.07) is 24.1. The zero-order valence-corrected chi connectivity index (χ0v) is 17.9. The molecular weight excluding hydrogens is 424 g/mol. The van der Waals surface area contributed by atoms with E-state index in [0.29, 0.717) is 22.0 Å². The summed E-state index contributed by atoms with van der Waals surface area (Å²) >= 11 is 1.44. The highest BCUT2D eigenvalue weighted by atomic mass is 32.1. The molecule has 0 aliphatic carbocycles. The van der Waals surface area contributed by atoms with Gasteiger partial charge in [0.25, 0.3) is 11.9 Å². The summed E-state index contributed by atoms with van der Waals surface area (Å²) in [5.41, 5.74) is 2.19. The molecule has 0 atom stereocenters. The Morgan fingerprint density at radius 3 is 2.59 bits per heavy atom. The highest BCUT2D eigenvalue weighted by molar-refractivity contribution is 7.15. The Hall–Kier alpha value is -4.17. The van der Waals surface area contributed by atoms with Gasteiger partial charge in [-0.25, -0.2) is 4.52 Å². The molecule has 1 amide bonds. The predicted molar refractivity (Wildman–Crippen MR) is 124 cm³/mol. The number of nitrogens with one attached hydrogen (secondary N) is 1. The molecule has 2 aromatic heterocycles. The van der Waals surface area contributed by atoms with Crippen LogP contribution in [0.25, 0.3) is 16.2 Å². The first-order chi connectivity index (χ1) is 15.7. The number of hydrogen-bond donors (Lipinski definition) is 1. The Morgan fingerprint density at radius 2 is 1.75 bits per heavy atom. The number of para-hydroxylation sites is 2. The molecule has 7 nitrogen and oxygen atoms in total. The van der Waals surface area contributed by atoms with Crippen molar-refractivity contribution in [3.8, 4) is 28.5 Å². The SMILES string of the molecule is COc1ccccc1-c1csc2nc(NC(=O)c3cccc(Oc4ccccc4)c3)nn12. The second-order valence-corrected chi connectivity index (χ2v) is 7.68. The molecule has 32 heavy (non-hydrogen) atoms. The van der Waals surface area contributed by atoms with Crippen LogP contribution in [0.15, 0.2) is 84.2 Å². The summed E-state index contributed by atoms with van der Waals surface area (Å²) in [4.78, 5) is 17.9. The molecule has 0 radical (unpaired) electrons. The average molecular weight is 443 g/mol. The monoisotopic (exact) mass is 442 g/mol. The molecule has 0 saturated heterocycles. The summed E-state index contributed by atoms with van der Waals surface area (Å²) < 4.78 is 13.0. The lowest BCUT2D eigenvalue weighted by Gasteiger charge is -2.07. The number of rotatable bonds is 6. The molecule has 0 bridgehead atoms. The smallest absolute Gasteiger partial charge is 0.258 e. The normalized spacial score (nSPS) is 10.8. The van der Waals surface area contributed by atoms with Crippen LogP contribution in [-0.2, 0) is 0 Å². The van der Waals surface area contributed by atoms with Crippen molar-refractivity contribution < 1.29 is 14.3 Å². The van der Waals surface area contributed by atoms with E-state index in [2.05, 4.69) is 15.4 Å². The molecule has 8 heteroatoms. The van der Waals surface area contributed by atoms with Gasteiger partial charge in [0.05, 0.1) is 12.8 Å².